The summed E-state index contributed by atoms with van der Waals surface area (Å²) in [5, 5.41) is 0. The van der Waals surface area contributed by atoms with Crippen molar-refractivity contribution in [3.63, 3.8) is 0 Å². The van der Waals surface area contributed by atoms with Crippen molar-refractivity contribution in [2.24, 2.45) is 11.7 Å². The van der Waals surface area contributed by atoms with Crippen molar-refractivity contribution in [2.45, 2.75) is 31.1 Å². The summed E-state index contributed by atoms with van der Waals surface area (Å²) in [6.45, 7) is 3.30. The molecule has 4 nitrogen and oxygen atoms in total. The van der Waals surface area contributed by atoms with Gasteiger partial charge in [0.2, 0.25) is 11.8 Å². The topological polar surface area (TPSA) is 63.4 Å². The minimum absolute atomic E-state index is 0.126. The van der Waals surface area contributed by atoms with Crippen molar-refractivity contribution >= 4 is 23.6 Å². The number of likely N-dealkylation sites (tertiary alicyclic amines) is 1. The van der Waals surface area contributed by atoms with Gasteiger partial charge in [-0.1, -0.05) is 17.7 Å². The first-order chi connectivity index (χ1) is 10.1. The van der Waals surface area contributed by atoms with Crippen molar-refractivity contribution in [1.82, 2.24) is 4.90 Å². The van der Waals surface area contributed by atoms with Gasteiger partial charge in [0.15, 0.2) is 0 Å². The fourth-order valence-electron chi connectivity index (χ4n) is 2.48. The van der Waals surface area contributed by atoms with Crippen molar-refractivity contribution in [2.75, 3.05) is 18.8 Å². The summed E-state index contributed by atoms with van der Waals surface area (Å²) in [7, 11) is 0. The molecule has 1 aromatic rings. The van der Waals surface area contributed by atoms with Gasteiger partial charge in [-0.3, -0.25) is 9.59 Å². The highest BCUT2D eigenvalue weighted by Gasteiger charge is 2.26. The first-order valence-corrected chi connectivity index (χ1v) is 8.31. The van der Waals surface area contributed by atoms with Crippen LogP contribution in [0.4, 0.5) is 0 Å². The number of amides is 2. The van der Waals surface area contributed by atoms with Gasteiger partial charge in [0.25, 0.3) is 0 Å². The van der Waals surface area contributed by atoms with E-state index in [9.17, 15) is 9.59 Å². The lowest BCUT2D eigenvalue weighted by molar-refractivity contribution is -0.134. The molecule has 0 aromatic heterocycles. The Balaban J connectivity index is 1.76. The third kappa shape index (κ3) is 4.77. The van der Waals surface area contributed by atoms with Gasteiger partial charge < -0.3 is 10.6 Å². The molecule has 0 aliphatic carbocycles. The van der Waals surface area contributed by atoms with Gasteiger partial charge in [0, 0.05) is 30.2 Å². The Morgan fingerprint density at radius 1 is 1.33 bits per heavy atom. The van der Waals surface area contributed by atoms with Crippen molar-refractivity contribution in [1.29, 1.82) is 0 Å². The summed E-state index contributed by atoms with van der Waals surface area (Å²) >= 11 is 1.69. The highest BCUT2D eigenvalue weighted by atomic mass is 32.2. The molecule has 1 aromatic carbocycles. The maximum absolute atomic E-state index is 12.2. The van der Waals surface area contributed by atoms with Gasteiger partial charge in [-0.15, -0.1) is 11.8 Å². The Hall–Kier alpha value is -1.49. The number of nitrogens with two attached hydrogens (primary N) is 1. The van der Waals surface area contributed by atoms with E-state index in [1.807, 2.05) is 0 Å². The van der Waals surface area contributed by atoms with E-state index in [0.29, 0.717) is 13.0 Å². The first kappa shape index (κ1) is 15.9. The van der Waals surface area contributed by atoms with Gasteiger partial charge in [-0.25, -0.2) is 0 Å². The molecule has 0 saturated carbocycles. The van der Waals surface area contributed by atoms with E-state index in [1.54, 1.807) is 16.7 Å². The summed E-state index contributed by atoms with van der Waals surface area (Å²) in [5.74, 6) is 0.425. The average Bonchev–Trinajstić information content (AvgIpc) is 2.49. The van der Waals surface area contributed by atoms with E-state index in [-0.39, 0.29) is 17.7 Å². The zero-order valence-corrected chi connectivity index (χ0v) is 13.2. The lowest BCUT2D eigenvalue weighted by Crippen LogP contribution is -2.44. The number of carbonyl (C=O) groups excluding carboxylic acids is 2. The highest BCUT2D eigenvalue weighted by molar-refractivity contribution is 7.99. The van der Waals surface area contributed by atoms with Crippen LogP contribution >= 0.6 is 11.8 Å². The molecule has 1 saturated heterocycles. The van der Waals surface area contributed by atoms with E-state index in [4.69, 9.17) is 5.73 Å². The minimum atomic E-state index is -0.290. The molecule has 114 valence electrons. The molecule has 1 atom stereocenters. The summed E-state index contributed by atoms with van der Waals surface area (Å²) in [5.41, 5.74) is 6.57. The maximum atomic E-state index is 12.2. The predicted molar refractivity (Wildman–Crippen MR) is 85.0 cm³/mol. The molecule has 0 radical (unpaired) electrons. The van der Waals surface area contributed by atoms with Crippen molar-refractivity contribution in [3.05, 3.63) is 29.8 Å². The van der Waals surface area contributed by atoms with Crippen LogP contribution in [0.15, 0.2) is 29.2 Å². The lowest BCUT2D eigenvalue weighted by Gasteiger charge is -2.31. The number of carbonyl (C=O) groups is 2. The van der Waals surface area contributed by atoms with Crippen LogP contribution in [0.5, 0.6) is 0 Å². The third-order valence-electron chi connectivity index (χ3n) is 3.78. The van der Waals surface area contributed by atoms with Crippen LogP contribution in [0.2, 0.25) is 0 Å². The average molecular weight is 306 g/mol. The standard InChI is InChI=1S/C16H22N2O2S/c1-12-4-6-14(7-5-12)21-10-8-15(19)18-9-2-3-13(11-18)16(17)20/h4-7,13H,2-3,8-11H2,1H3,(H2,17,20). The third-order valence-corrected chi connectivity index (χ3v) is 4.80. The van der Waals surface area contributed by atoms with E-state index in [0.717, 1.165) is 25.1 Å². The zero-order chi connectivity index (χ0) is 15.2. The molecule has 2 N–H and O–H groups in total. The largest absolute Gasteiger partial charge is 0.369 e. The molecule has 1 heterocycles. The molecule has 1 aliphatic rings. The zero-order valence-electron chi connectivity index (χ0n) is 12.4. The molecular weight excluding hydrogens is 284 g/mol. The van der Waals surface area contributed by atoms with Crippen LogP contribution in [-0.4, -0.2) is 35.6 Å². The fraction of sp³-hybridized carbons (Fsp3) is 0.500. The number of hydrogen-bond donors (Lipinski definition) is 1. The summed E-state index contributed by atoms with van der Waals surface area (Å²) in [4.78, 5) is 26.4. The quantitative estimate of drug-likeness (QED) is 0.848. The van der Waals surface area contributed by atoms with Crippen LogP contribution < -0.4 is 5.73 Å². The van der Waals surface area contributed by atoms with Crippen LogP contribution in [0.1, 0.15) is 24.8 Å². The maximum Gasteiger partial charge on any atom is 0.223 e. The Morgan fingerprint density at radius 2 is 2.05 bits per heavy atom. The molecule has 0 bridgehead atoms. The fourth-order valence-corrected chi connectivity index (χ4v) is 3.33. The molecule has 1 unspecified atom stereocenters. The van der Waals surface area contributed by atoms with E-state index < -0.39 is 0 Å². The molecule has 21 heavy (non-hydrogen) atoms. The monoisotopic (exact) mass is 306 g/mol. The highest BCUT2D eigenvalue weighted by Crippen LogP contribution is 2.21. The molecule has 2 amide bonds. The molecular formula is C16H22N2O2S. The van der Waals surface area contributed by atoms with Gasteiger partial charge in [0.1, 0.15) is 0 Å². The number of primary amides is 1. The van der Waals surface area contributed by atoms with E-state index in [1.165, 1.54) is 10.5 Å². The van der Waals surface area contributed by atoms with Crippen molar-refractivity contribution < 1.29 is 9.59 Å². The predicted octanol–water partition coefficient (Wildman–Crippen LogP) is 2.20. The number of aryl methyl sites for hydroxylation is 1. The number of hydrogen-bond acceptors (Lipinski definition) is 3. The minimum Gasteiger partial charge on any atom is -0.369 e. The smallest absolute Gasteiger partial charge is 0.223 e. The van der Waals surface area contributed by atoms with Gasteiger partial charge in [-0.2, -0.15) is 0 Å². The number of benzene rings is 1. The van der Waals surface area contributed by atoms with Gasteiger partial charge in [-0.05, 0) is 31.9 Å². The summed E-state index contributed by atoms with van der Waals surface area (Å²) in [6.07, 6.45) is 2.17. The Morgan fingerprint density at radius 3 is 2.71 bits per heavy atom. The number of thioether (sulfide) groups is 1. The van der Waals surface area contributed by atoms with Crippen LogP contribution in [-0.2, 0) is 9.59 Å². The van der Waals surface area contributed by atoms with Crippen LogP contribution in [0.3, 0.4) is 0 Å². The normalized spacial score (nSPS) is 18.5. The number of piperidine rings is 1. The Bertz CT molecular complexity index is 502. The first-order valence-electron chi connectivity index (χ1n) is 7.33. The number of rotatable bonds is 5. The van der Waals surface area contributed by atoms with E-state index in [2.05, 4.69) is 31.2 Å². The summed E-state index contributed by atoms with van der Waals surface area (Å²) < 4.78 is 0. The van der Waals surface area contributed by atoms with Gasteiger partial charge >= 0.3 is 0 Å². The van der Waals surface area contributed by atoms with E-state index >= 15 is 0 Å². The second-order valence-electron chi connectivity index (χ2n) is 5.49. The molecule has 1 fully saturated rings. The van der Waals surface area contributed by atoms with Gasteiger partial charge in [0.05, 0.1) is 5.92 Å². The Kier molecular flexibility index (Phi) is 5.67. The second kappa shape index (κ2) is 7.50. The lowest BCUT2D eigenvalue weighted by atomic mass is 9.97. The SMILES string of the molecule is Cc1ccc(SCCC(=O)N2CCCC(C(N)=O)C2)cc1. The van der Waals surface area contributed by atoms with Crippen molar-refractivity contribution in [3.8, 4) is 0 Å². The molecule has 2 rings (SSSR count). The summed E-state index contributed by atoms with van der Waals surface area (Å²) in [6, 6.07) is 8.31. The Labute approximate surface area is 130 Å². The van der Waals surface area contributed by atoms with Crippen LogP contribution in [0.25, 0.3) is 0 Å². The van der Waals surface area contributed by atoms with Crippen LogP contribution in [0, 0.1) is 12.8 Å². The number of nitrogens with zero attached hydrogens (tertiary/aromatic N) is 1. The molecule has 0 spiro atoms. The second-order valence-corrected chi connectivity index (χ2v) is 6.66. The molecule has 5 heteroatoms. The molecule has 1 aliphatic heterocycles.